The van der Waals surface area contributed by atoms with E-state index in [9.17, 15) is 5.21 Å². The molecule has 0 amide bonds. The van der Waals surface area contributed by atoms with E-state index in [1.54, 1.807) is 24.3 Å². The smallest absolute Gasteiger partial charge is 0.240 e. The van der Waals surface area contributed by atoms with Gasteiger partial charge in [0.05, 0.1) is 0 Å². The van der Waals surface area contributed by atoms with E-state index in [4.69, 9.17) is 11.6 Å². The van der Waals surface area contributed by atoms with Gasteiger partial charge in [-0.15, -0.1) is 0 Å². The summed E-state index contributed by atoms with van der Waals surface area (Å²) < 4.78 is 0. The highest BCUT2D eigenvalue weighted by Gasteiger charge is 1.94. The van der Waals surface area contributed by atoms with E-state index < -0.39 is 0 Å². The van der Waals surface area contributed by atoms with E-state index in [0.717, 1.165) is 5.56 Å². The lowest BCUT2D eigenvalue weighted by molar-refractivity contribution is -0.729. The van der Waals surface area contributed by atoms with E-state index in [0.29, 0.717) is 9.92 Å². The minimum absolute atomic E-state index is 0.378. The Morgan fingerprint density at radius 1 is 1.42 bits per heavy atom. The van der Waals surface area contributed by atoms with Crippen LogP contribution in [0.1, 0.15) is 5.56 Å². The van der Waals surface area contributed by atoms with E-state index in [2.05, 4.69) is 4.84 Å². The van der Waals surface area contributed by atoms with Gasteiger partial charge >= 0.3 is 0 Å². The number of nitrogens with zero attached hydrogens (tertiary/aromatic N) is 1. The number of hydrogen-bond acceptors (Lipinski definition) is 2. The predicted molar refractivity (Wildman–Crippen MR) is 47.3 cm³/mol. The highest BCUT2D eigenvalue weighted by Crippen LogP contribution is 2.07. The van der Waals surface area contributed by atoms with Crippen LogP contribution in [-0.2, 0) is 4.84 Å². The Labute approximate surface area is 75.4 Å². The molecule has 1 aromatic rings. The molecule has 64 valence electrons. The quantitative estimate of drug-likeness (QED) is 0.400. The molecular formula is C8H8ClNO2. The van der Waals surface area contributed by atoms with Gasteiger partial charge in [0.15, 0.2) is 0 Å². The molecule has 0 aromatic heterocycles. The molecule has 0 heterocycles. The summed E-state index contributed by atoms with van der Waals surface area (Å²) in [7, 11) is 1.30. The van der Waals surface area contributed by atoms with Gasteiger partial charge in [-0.05, 0) is 24.3 Å². The number of hydrogen-bond donors (Lipinski definition) is 0. The zero-order valence-electron chi connectivity index (χ0n) is 6.53. The third-order valence-corrected chi connectivity index (χ3v) is 1.56. The van der Waals surface area contributed by atoms with E-state index in [1.165, 1.54) is 13.3 Å². The SMILES string of the molecule is CO/[N+]([O-])=C/c1ccc(Cl)cc1. The number of benzene rings is 1. The molecule has 0 fully saturated rings. The number of halogens is 1. The van der Waals surface area contributed by atoms with Crippen molar-refractivity contribution in [3.8, 4) is 0 Å². The molecule has 1 aromatic carbocycles. The Bertz CT molecular complexity index is 282. The van der Waals surface area contributed by atoms with Crippen molar-refractivity contribution in [1.29, 1.82) is 0 Å². The lowest BCUT2D eigenvalue weighted by Gasteiger charge is -1.95. The average Bonchev–Trinajstić information content (AvgIpc) is 2.09. The second-order valence-electron chi connectivity index (χ2n) is 2.15. The lowest BCUT2D eigenvalue weighted by atomic mass is 10.2. The molecule has 0 aliphatic rings. The molecule has 0 N–H and O–H groups in total. The van der Waals surface area contributed by atoms with Crippen LogP contribution in [0.2, 0.25) is 5.02 Å². The summed E-state index contributed by atoms with van der Waals surface area (Å²) in [5.74, 6) is 0. The summed E-state index contributed by atoms with van der Waals surface area (Å²) in [6.45, 7) is 0. The fourth-order valence-corrected chi connectivity index (χ4v) is 0.849. The maximum atomic E-state index is 10.7. The zero-order chi connectivity index (χ0) is 8.97. The molecule has 0 spiro atoms. The molecule has 0 saturated heterocycles. The van der Waals surface area contributed by atoms with Gasteiger partial charge in [-0.25, -0.2) is 0 Å². The highest BCUT2D eigenvalue weighted by molar-refractivity contribution is 6.30. The molecule has 3 nitrogen and oxygen atoms in total. The van der Waals surface area contributed by atoms with Crippen molar-refractivity contribution < 1.29 is 9.74 Å². The van der Waals surface area contributed by atoms with Gasteiger partial charge in [0.25, 0.3) is 0 Å². The first-order valence-corrected chi connectivity index (χ1v) is 3.71. The van der Waals surface area contributed by atoms with Gasteiger partial charge < -0.3 is 4.84 Å². The number of rotatable bonds is 2. The van der Waals surface area contributed by atoms with Crippen LogP contribution in [0.4, 0.5) is 0 Å². The average molecular weight is 186 g/mol. The van der Waals surface area contributed by atoms with Gasteiger partial charge in [0.2, 0.25) is 6.21 Å². The minimum Gasteiger partial charge on any atom is -0.407 e. The molecule has 0 saturated carbocycles. The summed E-state index contributed by atoms with van der Waals surface area (Å²) in [6.07, 6.45) is 1.32. The Balaban J connectivity index is 2.84. The normalized spacial score (nSPS) is 11.3. The Hall–Kier alpha value is -1.22. The molecule has 0 bridgehead atoms. The van der Waals surface area contributed by atoms with Crippen LogP contribution in [0, 0.1) is 5.21 Å². The molecule has 4 heteroatoms. The van der Waals surface area contributed by atoms with Crippen LogP contribution < -0.4 is 0 Å². The van der Waals surface area contributed by atoms with Gasteiger partial charge in [0, 0.05) is 22.6 Å². The molecule has 1 rings (SSSR count). The van der Waals surface area contributed by atoms with Crippen LogP contribution in [0.25, 0.3) is 0 Å². The molecule has 0 radical (unpaired) electrons. The van der Waals surface area contributed by atoms with Crippen LogP contribution in [0.5, 0.6) is 0 Å². The lowest BCUT2D eigenvalue weighted by Crippen LogP contribution is -2.02. The molecule has 0 aliphatic heterocycles. The summed E-state index contributed by atoms with van der Waals surface area (Å²) in [4.78, 5) is 4.75. The minimum atomic E-state index is 0.378. The second-order valence-corrected chi connectivity index (χ2v) is 2.59. The summed E-state index contributed by atoms with van der Waals surface area (Å²) in [6, 6.07) is 6.87. The van der Waals surface area contributed by atoms with Crippen LogP contribution in [0.3, 0.4) is 0 Å². The van der Waals surface area contributed by atoms with E-state index in [1.807, 2.05) is 0 Å². The van der Waals surface area contributed by atoms with Crippen molar-refractivity contribution in [2.75, 3.05) is 7.11 Å². The van der Waals surface area contributed by atoms with E-state index >= 15 is 0 Å². The third-order valence-electron chi connectivity index (χ3n) is 1.30. The second kappa shape index (κ2) is 3.97. The van der Waals surface area contributed by atoms with Gasteiger partial charge in [-0.1, -0.05) is 11.6 Å². The standard InChI is InChI=1S/C8H8ClNO2/c1-12-10(11)6-7-2-4-8(9)5-3-7/h2-6H,1H3/b10-6+. The Kier molecular flexibility index (Phi) is 2.94. The van der Waals surface area contributed by atoms with Crippen LogP contribution in [0.15, 0.2) is 24.3 Å². The first-order chi connectivity index (χ1) is 5.72. The molecule has 0 aliphatic carbocycles. The van der Waals surface area contributed by atoms with Crippen molar-refractivity contribution in [1.82, 2.24) is 0 Å². The van der Waals surface area contributed by atoms with Crippen molar-refractivity contribution in [2.45, 2.75) is 0 Å². The summed E-state index contributed by atoms with van der Waals surface area (Å²) >= 11 is 5.65. The van der Waals surface area contributed by atoms with Crippen molar-refractivity contribution in [3.63, 3.8) is 0 Å². The van der Waals surface area contributed by atoms with Crippen LogP contribution in [-0.4, -0.2) is 18.2 Å². The molecule has 12 heavy (non-hydrogen) atoms. The summed E-state index contributed by atoms with van der Waals surface area (Å²) in [5, 5.41) is 11.3. The highest BCUT2D eigenvalue weighted by atomic mass is 35.5. The molecular weight excluding hydrogens is 178 g/mol. The largest absolute Gasteiger partial charge is 0.407 e. The fraction of sp³-hybridized carbons (Fsp3) is 0.125. The maximum Gasteiger partial charge on any atom is 0.240 e. The molecule has 0 atom stereocenters. The van der Waals surface area contributed by atoms with Gasteiger partial charge in [-0.2, -0.15) is 0 Å². The van der Waals surface area contributed by atoms with Crippen molar-refractivity contribution in [3.05, 3.63) is 40.1 Å². The van der Waals surface area contributed by atoms with Crippen molar-refractivity contribution >= 4 is 17.8 Å². The van der Waals surface area contributed by atoms with Crippen molar-refractivity contribution in [2.24, 2.45) is 0 Å². The summed E-state index contributed by atoms with van der Waals surface area (Å²) in [5.41, 5.74) is 0.747. The van der Waals surface area contributed by atoms with Gasteiger partial charge in [0.1, 0.15) is 0 Å². The predicted octanol–water partition coefficient (Wildman–Crippen LogP) is 1.83. The Morgan fingerprint density at radius 2 is 2.00 bits per heavy atom. The van der Waals surface area contributed by atoms with E-state index in [-0.39, 0.29) is 0 Å². The van der Waals surface area contributed by atoms with Crippen LogP contribution >= 0.6 is 11.6 Å². The third kappa shape index (κ3) is 2.43. The zero-order valence-corrected chi connectivity index (χ0v) is 7.28. The monoisotopic (exact) mass is 185 g/mol. The topological polar surface area (TPSA) is 35.3 Å². The maximum absolute atomic E-state index is 10.7. The molecule has 0 unspecified atom stereocenters. The Morgan fingerprint density at radius 3 is 2.50 bits per heavy atom. The van der Waals surface area contributed by atoms with Gasteiger partial charge in [-0.3, -0.25) is 5.21 Å². The fourth-order valence-electron chi connectivity index (χ4n) is 0.723. The first-order valence-electron chi connectivity index (χ1n) is 3.33. The first kappa shape index (κ1) is 8.87.